The maximum atomic E-state index is 10.1. The number of nitrogens with zero attached hydrogens (tertiary/aromatic N) is 1. The second-order valence-corrected chi connectivity index (χ2v) is 6.42. The van der Waals surface area contributed by atoms with Crippen molar-refractivity contribution in [2.24, 2.45) is 0 Å². The van der Waals surface area contributed by atoms with Gasteiger partial charge in [0.15, 0.2) is 7.28 Å². The van der Waals surface area contributed by atoms with Crippen LogP contribution in [0, 0.1) is 0 Å². The normalized spacial score (nSPS) is 12.2. The van der Waals surface area contributed by atoms with E-state index < -0.39 is 11.2 Å². The molecule has 0 fully saturated rings. The molecule has 1 heterocycles. The van der Waals surface area contributed by atoms with Gasteiger partial charge in [0, 0.05) is 18.3 Å². The van der Waals surface area contributed by atoms with Crippen molar-refractivity contribution >= 4 is 12.7 Å². The molecular weight excluding hydrogens is 273 g/mol. The highest BCUT2D eigenvalue weighted by molar-refractivity contribution is 6.53. The summed E-state index contributed by atoms with van der Waals surface area (Å²) in [5, 5.41) is 10.1. The zero-order valence-electron chi connectivity index (χ0n) is 13.7. The average Bonchev–Trinajstić information content (AvgIpc) is 2.47. The van der Waals surface area contributed by atoms with Gasteiger partial charge in [0.1, 0.15) is 0 Å². The van der Waals surface area contributed by atoms with Gasteiger partial charge in [-0.15, -0.1) is 0 Å². The highest BCUT2D eigenvalue weighted by atomic mass is 16.5. The highest BCUT2D eigenvalue weighted by Crippen LogP contribution is 2.24. The van der Waals surface area contributed by atoms with Gasteiger partial charge in [-0.2, -0.15) is 0 Å². The number of aliphatic hydroxyl groups is 1. The number of hydrogen-bond donors (Lipinski definition) is 1. The van der Waals surface area contributed by atoms with Crippen LogP contribution in [0.3, 0.4) is 0 Å². The van der Waals surface area contributed by atoms with Crippen LogP contribution >= 0.6 is 0 Å². The summed E-state index contributed by atoms with van der Waals surface area (Å²) in [5.74, 6) is 0. The Bertz CT molecular complexity index is 589. The lowest BCUT2D eigenvalue weighted by Gasteiger charge is -2.37. The third-order valence-electron chi connectivity index (χ3n) is 4.11. The Kier molecular flexibility index (Phi) is 5.04. The van der Waals surface area contributed by atoms with Crippen molar-refractivity contribution in [2.45, 2.75) is 38.9 Å². The van der Waals surface area contributed by atoms with E-state index in [0.717, 1.165) is 16.7 Å². The molecule has 22 heavy (non-hydrogen) atoms. The van der Waals surface area contributed by atoms with Crippen molar-refractivity contribution in [3.05, 3.63) is 48.7 Å². The average molecular weight is 296 g/mol. The van der Waals surface area contributed by atoms with E-state index in [0.29, 0.717) is 6.51 Å². The summed E-state index contributed by atoms with van der Waals surface area (Å²) in [6.07, 6.45) is 1.79. The van der Waals surface area contributed by atoms with Crippen molar-refractivity contribution in [3.8, 4) is 11.3 Å². The second-order valence-electron chi connectivity index (χ2n) is 6.42. The monoisotopic (exact) mass is 296 g/mol. The van der Waals surface area contributed by atoms with Crippen molar-refractivity contribution in [1.82, 2.24) is 4.98 Å². The topological polar surface area (TPSA) is 42.4 Å². The lowest BCUT2D eigenvalue weighted by Crippen LogP contribution is -2.48. The molecule has 1 aromatic carbocycles. The molecule has 1 radical (unpaired) electrons. The Morgan fingerprint density at radius 3 is 2.27 bits per heavy atom. The maximum absolute atomic E-state index is 10.1. The number of hydrogen-bond acceptors (Lipinski definition) is 3. The van der Waals surface area contributed by atoms with E-state index in [2.05, 4.69) is 17.1 Å². The largest absolute Gasteiger partial charge is 0.387 e. The van der Waals surface area contributed by atoms with Gasteiger partial charge in [-0.05, 0) is 39.8 Å². The first-order valence-corrected chi connectivity index (χ1v) is 7.51. The van der Waals surface area contributed by atoms with Gasteiger partial charge in [-0.1, -0.05) is 35.8 Å². The van der Waals surface area contributed by atoms with Crippen molar-refractivity contribution < 1.29 is 9.84 Å². The summed E-state index contributed by atoms with van der Waals surface area (Å²) in [5.41, 5.74) is 1.66. The van der Waals surface area contributed by atoms with Crippen LogP contribution in [-0.4, -0.2) is 35.1 Å². The summed E-state index contributed by atoms with van der Waals surface area (Å²) in [6, 6.07) is 14.1. The molecule has 0 spiro atoms. The molecule has 3 nitrogen and oxygen atoms in total. The van der Waals surface area contributed by atoms with Gasteiger partial charge in [-0.25, -0.2) is 0 Å². The Morgan fingerprint density at radius 2 is 1.73 bits per heavy atom. The first-order chi connectivity index (χ1) is 10.3. The summed E-state index contributed by atoms with van der Waals surface area (Å²) < 4.78 is 5.79. The number of benzene rings is 1. The maximum Gasteiger partial charge on any atom is 0.185 e. The minimum atomic E-state index is -0.885. The van der Waals surface area contributed by atoms with E-state index in [1.807, 2.05) is 51.5 Å². The molecule has 0 saturated heterocycles. The van der Waals surface area contributed by atoms with Crippen LogP contribution in [0.25, 0.3) is 11.3 Å². The van der Waals surface area contributed by atoms with Crippen molar-refractivity contribution in [3.63, 3.8) is 0 Å². The third kappa shape index (κ3) is 4.18. The molecule has 0 bridgehead atoms. The first-order valence-electron chi connectivity index (χ1n) is 7.51. The Hall–Kier alpha value is -1.65. The number of ether oxygens (including phenoxy) is 1. The molecule has 1 N–H and O–H groups in total. The van der Waals surface area contributed by atoms with Crippen LogP contribution in [0.1, 0.15) is 27.7 Å². The van der Waals surface area contributed by atoms with Crippen molar-refractivity contribution in [1.29, 1.82) is 0 Å². The first kappa shape index (κ1) is 16.7. The van der Waals surface area contributed by atoms with E-state index in [4.69, 9.17) is 4.74 Å². The molecule has 0 saturated carbocycles. The fraction of sp³-hybridized carbons (Fsp3) is 0.389. The number of rotatable bonds is 6. The molecule has 0 unspecified atom stereocenters. The third-order valence-corrected chi connectivity index (χ3v) is 4.11. The lowest BCUT2D eigenvalue weighted by molar-refractivity contribution is -0.135. The Morgan fingerprint density at radius 1 is 1.05 bits per heavy atom. The highest BCUT2D eigenvalue weighted by Gasteiger charge is 2.35. The van der Waals surface area contributed by atoms with Crippen LogP contribution in [0.15, 0.2) is 48.7 Å². The molecule has 2 rings (SSSR count). The lowest BCUT2D eigenvalue weighted by atomic mass is 9.71. The predicted molar refractivity (Wildman–Crippen MR) is 91.4 cm³/mol. The molecule has 0 aliphatic carbocycles. The molecule has 4 heteroatoms. The van der Waals surface area contributed by atoms with Gasteiger partial charge < -0.3 is 9.84 Å². The van der Waals surface area contributed by atoms with Gasteiger partial charge in [-0.3, -0.25) is 4.98 Å². The summed E-state index contributed by atoms with van der Waals surface area (Å²) in [7, 11) is 2.01. The standard InChI is InChI=1S/C18H23BNO2/c1-17(2,21)18(3,4)22-13-19-15-10-8-14(9-11-15)16-7-5-6-12-20-16/h5-12,21H,13H2,1-4H3. The molecule has 0 aliphatic heterocycles. The molecule has 0 amide bonds. The zero-order valence-corrected chi connectivity index (χ0v) is 13.7. The van der Waals surface area contributed by atoms with Crippen molar-refractivity contribution in [2.75, 3.05) is 6.51 Å². The molecular formula is C18H23BNO2. The van der Waals surface area contributed by atoms with E-state index in [1.165, 1.54) is 0 Å². The summed E-state index contributed by atoms with van der Waals surface area (Å²) in [6.45, 7) is 7.76. The van der Waals surface area contributed by atoms with Gasteiger partial charge in [0.2, 0.25) is 0 Å². The fourth-order valence-electron chi connectivity index (χ4n) is 1.85. The van der Waals surface area contributed by atoms with Gasteiger partial charge >= 0.3 is 0 Å². The van der Waals surface area contributed by atoms with Crippen LogP contribution in [0.5, 0.6) is 0 Å². The van der Waals surface area contributed by atoms with E-state index in [9.17, 15) is 5.11 Å². The molecule has 115 valence electrons. The minimum Gasteiger partial charge on any atom is -0.387 e. The zero-order chi connectivity index (χ0) is 16.2. The molecule has 0 atom stereocenters. The smallest absolute Gasteiger partial charge is 0.185 e. The second kappa shape index (κ2) is 6.63. The van der Waals surface area contributed by atoms with Crippen LogP contribution in [0.2, 0.25) is 0 Å². The molecule has 1 aromatic heterocycles. The van der Waals surface area contributed by atoms with Crippen LogP contribution in [0.4, 0.5) is 0 Å². The van der Waals surface area contributed by atoms with Gasteiger partial charge in [0.25, 0.3) is 0 Å². The van der Waals surface area contributed by atoms with E-state index in [1.54, 1.807) is 20.0 Å². The Balaban J connectivity index is 1.93. The SMILES string of the molecule is CC(C)(O)C(C)(C)OC[B]c1ccc(-c2ccccn2)cc1. The van der Waals surface area contributed by atoms with E-state index in [-0.39, 0.29) is 0 Å². The summed E-state index contributed by atoms with van der Waals surface area (Å²) in [4.78, 5) is 4.34. The molecule has 0 aliphatic rings. The van der Waals surface area contributed by atoms with Gasteiger partial charge in [0.05, 0.1) is 16.9 Å². The number of pyridine rings is 1. The predicted octanol–water partition coefficient (Wildman–Crippen LogP) is 2.60. The minimum absolute atomic E-state index is 0.458. The molecule has 2 aromatic rings. The quantitative estimate of drug-likeness (QED) is 0.833. The summed E-state index contributed by atoms with van der Waals surface area (Å²) >= 11 is 0. The van der Waals surface area contributed by atoms with Crippen LogP contribution < -0.4 is 5.46 Å². The van der Waals surface area contributed by atoms with E-state index >= 15 is 0 Å². The fourth-order valence-corrected chi connectivity index (χ4v) is 1.85. The number of aromatic nitrogens is 1. The Labute approximate surface area is 133 Å². The van der Waals surface area contributed by atoms with Crippen LogP contribution in [-0.2, 0) is 4.74 Å².